The second kappa shape index (κ2) is 10.4. The number of aryl methyl sites for hydroxylation is 1. The van der Waals surface area contributed by atoms with Gasteiger partial charge in [0.15, 0.2) is 0 Å². The van der Waals surface area contributed by atoms with E-state index in [4.69, 9.17) is 12.2 Å². The van der Waals surface area contributed by atoms with Crippen molar-refractivity contribution in [1.82, 2.24) is 10.2 Å². The van der Waals surface area contributed by atoms with Crippen LogP contribution in [0.3, 0.4) is 0 Å². The zero-order valence-corrected chi connectivity index (χ0v) is 18.5. The standard InChI is InChI=1S/C23H22N2O4S2/c1-15-7-9-17(10-8-15)14-19-21(27)25(23(30)31-19)12-11-20(26)24-18(22(28)29)13-16-5-3-2-4-6-16/h2-10,14,18H,11-13H2,1H3,(H,24,26)(H,28,29)/b19-14+. The molecule has 0 spiro atoms. The Morgan fingerprint density at radius 2 is 1.84 bits per heavy atom. The number of carboxylic acid groups (broad SMARTS) is 1. The number of thiocarbonyl (C=S) groups is 1. The van der Waals surface area contributed by atoms with Gasteiger partial charge >= 0.3 is 5.97 Å². The molecule has 1 aliphatic heterocycles. The lowest BCUT2D eigenvalue weighted by molar-refractivity contribution is -0.141. The number of benzene rings is 2. The van der Waals surface area contributed by atoms with E-state index in [1.54, 1.807) is 6.08 Å². The van der Waals surface area contributed by atoms with Crippen LogP contribution in [0.4, 0.5) is 0 Å². The molecule has 2 amide bonds. The van der Waals surface area contributed by atoms with Gasteiger partial charge in [0.1, 0.15) is 10.4 Å². The molecular formula is C23H22N2O4S2. The van der Waals surface area contributed by atoms with Crippen molar-refractivity contribution in [3.8, 4) is 0 Å². The van der Waals surface area contributed by atoms with Gasteiger partial charge in [-0.2, -0.15) is 0 Å². The number of aliphatic carboxylic acids is 1. The van der Waals surface area contributed by atoms with E-state index in [0.717, 1.165) is 16.7 Å². The highest BCUT2D eigenvalue weighted by molar-refractivity contribution is 8.26. The average molecular weight is 455 g/mol. The monoisotopic (exact) mass is 454 g/mol. The Kier molecular flexibility index (Phi) is 7.59. The minimum Gasteiger partial charge on any atom is -0.480 e. The first-order chi connectivity index (χ1) is 14.8. The van der Waals surface area contributed by atoms with Gasteiger partial charge in [0.25, 0.3) is 5.91 Å². The van der Waals surface area contributed by atoms with Crippen LogP contribution < -0.4 is 5.32 Å². The first kappa shape index (κ1) is 22.7. The van der Waals surface area contributed by atoms with Crippen LogP contribution in [0.25, 0.3) is 6.08 Å². The van der Waals surface area contributed by atoms with Gasteiger partial charge in [-0.3, -0.25) is 14.5 Å². The van der Waals surface area contributed by atoms with Gasteiger partial charge in [-0.25, -0.2) is 4.79 Å². The summed E-state index contributed by atoms with van der Waals surface area (Å²) in [6.07, 6.45) is 1.92. The van der Waals surface area contributed by atoms with Crippen molar-refractivity contribution in [1.29, 1.82) is 0 Å². The second-order valence-corrected chi connectivity index (χ2v) is 8.82. The van der Waals surface area contributed by atoms with Gasteiger partial charge in [0.2, 0.25) is 5.91 Å². The highest BCUT2D eigenvalue weighted by Crippen LogP contribution is 2.32. The second-order valence-electron chi connectivity index (χ2n) is 7.14. The summed E-state index contributed by atoms with van der Waals surface area (Å²) in [6, 6.07) is 15.8. The van der Waals surface area contributed by atoms with E-state index in [0.29, 0.717) is 9.23 Å². The normalized spacial score (nSPS) is 15.9. The Hall–Kier alpha value is -2.97. The maximum absolute atomic E-state index is 12.7. The number of carbonyl (C=O) groups is 3. The molecule has 3 rings (SSSR count). The lowest BCUT2D eigenvalue weighted by Gasteiger charge is -2.17. The highest BCUT2D eigenvalue weighted by Gasteiger charge is 2.32. The molecule has 2 N–H and O–H groups in total. The van der Waals surface area contributed by atoms with Crippen LogP contribution in [0.15, 0.2) is 59.5 Å². The zero-order valence-electron chi connectivity index (χ0n) is 16.9. The Labute approximate surface area is 190 Å². The maximum Gasteiger partial charge on any atom is 0.326 e. The summed E-state index contributed by atoms with van der Waals surface area (Å²) in [6.45, 7) is 2.09. The van der Waals surface area contributed by atoms with Crippen molar-refractivity contribution < 1.29 is 19.5 Å². The summed E-state index contributed by atoms with van der Waals surface area (Å²) in [5.41, 5.74) is 2.84. The molecule has 160 valence electrons. The van der Waals surface area contributed by atoms with Crippen molar-refractivity contribution in [2.45, 2.75) is 25.8 Å². The largest absolute Gasteiger partial charge is 0.480 e. The molecule has 0 radical (unpaired) electrons. The minimum atomic E-state index is -1.11. The molecule has 1 heterocycles. The van der Waals surface area contributed by atoms with E-state index in [-0.39, 0.29) is 25.3 Å². The third-order valence-corrected chi connectivity index (χ3v) is 6.10. The number of amides is 2. The Bertz CT molecular complexity index is 1020. The summed E-state index contributed by atoms with van der Waals surface area (Å²) in [5, 5.41) is 12.0. The Balaban J connectivity index is 1.57. The first-order valence-electron chi connectivity index (χ1n) is 9.71. The zero-order chi connectivity index (χ0) is 22.4. The Morgan fingerprint density at radius 3 is 2.48 bits per heavy atom. The smallest absolute Gasteiger partial charge is 0.326 e. The molecule has 2 aromatic rings. The fourth-order valence-electron chi connectivity index (χ4n) is 3.04. The third kappa shape index (κ3) is 6.26. The number of thioether (sulfide) groups is 1. The van der Waals surface area contributed by atoms with E-state index in [1.807, 2.05) is 61.5 Å². The van der Waals surface area contributed by atoms with Crippen molar-refractivity contribution in [3.05, 3.63) is 76.2 Å². The molecule has 31 heavy (non-hydrogen) atoms. The highest BCUT2D eigenvalue weighted by atomic mass is 32.2. The van der Waals surface area contributed by atoms with Crippen LogP contribution >= 0.6 is 24.0 Å². The van der Waals surface area contributed by atoms with Crippen LogP contribution in [0, 0.1) is 6.92 Å². The van der Waals surface area contributed by atoms with Crippen molar-refractivity contribution in [3.63, 3.8) is 0 Å². The fourth-order valence-corrected chi connectivity index (χ4v) is 4.35. The molecule has 0 aliphatic carbocycles. The van der Waals surface area contributed by atoms with E-state index in [9.17, 15) is 19.5 Å². The molecular weight excluding hydrogens is 432 g/mol. The van der Waals surface area contributed by atoms with E-state index < -0.39 is 17.9 Å². The number of carboxylic acids is 1. The van der Waals surface area contributed by atoms with Crippen molar-refractivity contribution in [2.24, 2.45) is 0 Å². The SMILES string of the molecule is Cc1ccc(/C=C2/SC(=S)N(CCC(=O)NC(Cc3ccccc3)C(=O)O)C2=O)cc1. The molecule has 0 saturated carbocycles. The number of nitrogens with zero attached hydrogens (tertiary/aromatic N) is 1. The molecule has 1 unspecified atom stereocenters. The summed E-state index contributed by atoms with van der Waals surface area (Å²) in [7, 11) is 0. The molecule has 1 atom stereocenters. The summed E-state index contributed by atoms with van der Waals surface area (Å²) in [5.74, 6) is -1.80. The topological polar surface area (TPSA) is 86.7 Å². The number of hydrogen-bond donors (Lipinski definition) is 2. The molecule has 1 fully saturated rings. The average Bonchev–Trinajstić information content (AvgIpc) is 3.01. The number of rotatable bonds is 8. The lowest BCUT2D eigenvalue weighted by atomic mass is 10.1. The van der Waals surface area contributed by atoms with E-state index >= 15 is 0 Å². The first-order valence-corrected chi connectivity index (χ1v) is 10.9. The fraction of sp³-hybridized carbons (Fsp3) is 0.217. The number of nitrogens with one attached hydrogen (secondary N) is 1. The van der Waals surface area contributed by atoms with Crippen LogP contribution in [0.1, 0.15) is 23.1 Å². The maximum atomic E-state index is 12.7. The summed E-state index contributed by atoms with van der Waals surface area (Å²) < 4.78 is 0.384. The molecule has 6 nitrogen and oxygen atoms in total. The van der Waals surface area contributed by atoms with Gasteiger partial charge in [-0.15, -0.1) is 0 Å². The van der Waals surface area contributed by atoms with Crippen LogP contribution in [-0.4, -0.2) is 44.7 Å². The van der Waals surface area contributed by atoms with Crippen LogP contribution in [-0.2, 0) is 20.8 Å². The van der Waals surface area contributed by atoms with E-state index in [1.165, 1.54) is 16.7 Å². The Morgan fingerprint density at radius 1 is 1.16 bits per heavy atom. The van der Waals surface area contributed by atoms with Crippen molar-refractivity contribution >= 4 is 52.2 Å². The molecule has 1 saturated heterocycles. The summed E-state index contributed by atoms with van der Waals surface area (Å²) >= 11 is 6.50. The molecule has 0 aromatic heterocycles. The van der Waals surface area contributed by atoms with Crippen LogP contribution in [0.5, 0.6) is 0 Å². The van der Waals surface area contributed by atoms with Gasteiger partial charge in [0.05, 0.1) is 4.91 Å². The van der Waals surface area contributed by atoms with Gasteiger partial charge in [-0.05, 0) is 24.1 Å². The van der Waals surface area contributed by atoms with Gasteiger partial charge < -0.3 is 10.4 Å². The molecule has 1 aliphatic rings. The van der Waals surface area contributed by atoms with Gasteiger partial charge in [-0.1, -0.05) is 84.1 Å². The third-order valence-electron chi connectivity index (χ3n) is 4.73. The van der Waals surface area contributed by atoms with Crippen LogP contribution in [0.2, 0.25) is 0 Å². The summed E-state index contributed by atoms with van der Waals surface area (Å²) in [4.78, 5) is 38.5. The predicted molar refractivity (Wildman–Crippen MR) is 125 cm³/mol. The quantitative estimate of drug-likeness (QED) is 0.470. The van der Waals surface area contributed by atoms with Gasteiger partial charge in [0, 0.05) is 19.4 Å². The number of hydrogen-bond acceptors (Lipinski definition) is 5. The molecule has 8 heteroatoms. The number of carbonyl (C=O) groups excluding carboxylic acids is 2. The van der Waals surface area contributed by atoms with E-state index in [2.05, 4.69) is 5.32 Å². The minimum absolute atomic E-state index is 0.0389. The predicted octanol–water partition coefficient (Wildman–Crippen LogP) is 3.40. The lowest BCUT2D eigenvalue weighted by Crippen LogP contribution is -2.43. The molecule has 2 aromatic carbocycles. The van der Waals surface area contributed by atoms with Crippen molar-refractivity contribution in [2.75, 3.05) is 6.54 Å². The molecule has 0 bridgehead atoms.